The van der Waals surface area contributed by atoms with Gasteiger partial charge in [0.15, 0.2) is 11.6 Å². The van der Waals surface area contributed by atoms with Gasteiger partial charge in [-0.1, -0.05) is 0 Å². The molecule has 0 bridgehead atoms. The number of carbonyl (C=O) groups is 1. The molecule has 0 radical (unpaired) electrons. The van der Waals surface area contributed by atoms with Crippen molar-refractivity contribution < 1.29 is 27.5 Å². The zero-order valence-electron chi connectivity index (χ0n) is 12.3. The van der Waals surface area contributed by atoms with Crippen molar-refractivity contribution in [1.29, 1.82) is 0 Å². The summed E-state index contributed by atoms with van der Waals surface area (Å²) >= 11 is 0. The molecule has 1 aliphatic rings. The van der Waals surface area contributed by atoms with Gasteiger partial charge in [-0.3, -0.25) is 4.79 Å². The van der Waals surface area contributed by atoms with Crippen LogP contribution in [0.15, 0.2) is 36.4 Å². The normalized spacial score (nSPS) is 20.5. The molecule has 126 valence electrons. The summed E-state index contributed by atoms with van der Waals surface area (Å²) in [5, 5.41) is 9.84. The first-order chi connectivity index (χ1) is 11.4. The fraction of sp³-hybridized carbons (Fsp3) is 0.235. The monoisotopic (exact) mass is 339 g/mol. The second kappa shape index (κ2) is 6.24. The minimum Gasteiger partial charge on any atom is -0.391 e. The topological polar surface area (TPSA) is 40.5 Å². The van der Waals surface area contributed by atoms with Crippen LogP contribution < -0.4 is 0 Å². The Morgan fingerprint density at radius 3 is 2.42 bits per heavy atom. The first-order valence-corrected chi connectivity index (χ1v) is 7.26. The average molecular weight is 339 g/mol. The van der Waals surface area contributed by atoms with Crippen molar-refractivity contribution in [2.45, 2.75) is 18.6 Å². The summed E-state index contributed by atoms with van der Waals surface area (Å²) in [6.07, 6.45) is -0.901. The lowest BCUT2D eigenvalue weighted by atomic mass is 10.0. The number of hydrogen-bond acceptors (Lipinski definition) is 2. The molecule has 1 amide bonds. The second-order valence-corrected chi connectivity index (χ2v) is 5.66. The van der Waals surface area contributed by atoms with Gasteiger partial charge < -0.3 is 10.0 Å². The third-order valence-electron chi connectivity index (χ3n) is 4.02. The number of halogens is 4. The predicted molar refractivity (Wildman–Crippen MR) is 77.1 cm³/mol. The first-order valence-electron chi connectivity index (χ1n) is 7.26. The van der Waals surface area contributed by atoms with Crippen molar-refractivity contribution in [2.24, 2.45) is 0 Å². The Bertz CT molecular complexity index is 796. The molecule has 0 aliphatic carbocycles. The molecule has 1 heterocycles. The van der Waals surface area contributed by atoms with Crippen LogP contribution in [0, 0.1) is 23.3 Å². The number of likely N-dealkylation sites (tertiary alicyclic amines) is 1. The molecule has 1 saturated heterocycles. The molecule has 1 N–H and O–H groups in total. The molecule has 2 aromatic rings. The molecule has 1 fully saturated rings. The highest BCUT2D eigenvalue weighted by molar-refractivity contribution is 5.94. The Kier molecular flexibility index (Phi) is 4.28. The van der Waals surface area contributed by atoms with Gasteiger partial charge in [0.25, 0.3) is 5.91 Å². The van der Waals surface area contributed by atoms with E-state index in [4.69, 9.17) is 0 Å². The van der Waals surface area contributed by atoms with Crippen LogP contribution >= 0.6 is 0 Å². The number of aliphatic hydroxyl groups excluding tert-OH is 1. The van der Waals surface area contributed by atoms with Crippen LogP contribution in [0.1, 0.15) is 28.4 Å². The van der Waals surface area contributed by atoms with E-state index in [1.165, 1.54) is 0 Å². The summed E-state index contributed by atoms with van der Waals surface area (Å²) in [7, 11) is 0. The Morgan fingerprint density at radius 1 is 1.00 bits per heavy atom. The lowest BCUT2D eigenvalue weighted by molar-refractivity contribution is 0.0713. The largest absolute Gasteiger partial charge is 0.391 e. The Balaban J connectivity index is 1.97. The smallest absolute Gasteiger partial charge is 0.254 e. The highest BCUT2D eigenvalue weighted by Crippen LogP contribution is 2.35. The van der Waals surface area contributed by atoms with Crippen molar-refractivity contribution in [2.75, 3.05) is 6.54 Å². The van der Waals surface area contributed by atoms with E-state index in [0.29, 0.717) is 0 Å². The minimum absolute atomic E-state index is 0.0236. The Morgan fingerprint density at radius 2 is 1.71 bits per heavy atom. The van der Waals surface area contributed by atoms with Gasteiger partial charge in [-0.25, -0.2) is 17.6 Å². The van der Waals surface area contributed by atoms with Gasteiger partial charge in [0.2, 0.25) is 0 Å². The summed E-state index contributed by atoms with van der Waals surface area (Å²) < 4.78 is 53.8. The van der Waals surface area contributed by atoms with E-state index in [2.05, 4.69) is 0 Å². The molecule has 0 unspecified atom stereocenters. The van der Waals surface area contributed by atoms with E-state index < -0.39 is 41.3 Å². The average Bonchev–Trinajstić information content (AvgIpc) is 2.93. The maximum absolute atomic E-state index is 14.0. The first kappa shape index (κ1) is 16.4. The maximum Gasteiger partial charge on any atom is 0.254 e. The molecule has 3 nitrogen and oxygen atoms in total. The van der Waals surface area contributed by atoms with Gasteiger partial charge in [-0.15, -0.1) is 0 Å². The highest BCUT2D eigenvalue weighted by Gasteiger charge is 2.37. The number of carbonyl (C=O) groups excluding carboxylic acids is 1. The highest BCUT2D eigenvalue weighted by atomic mass is 19.2. The molecule has 24 heavy (non-hydrogen) atoms. The van der Waals surface area contributed by atoms with Crippen molar-refractivity contribution >= 4 is 5.91 Å². The molecule has 0 aromatic heterocycles. The van der Waals surface area contributed by atoms with E-state index >= 15 is 0 Å². The van der Waals surface area contributed by atoms with Crippen LogP contribution in [0.5, 0.6) is 0 Å². The molecule has 2 atom stereocenters. The van der Waals surface area contributed by atoms with Crippen molar-refractivity contribution in [3.8, 4) is 0 Å². The van der Waals surface area contributed by atoms with E-state index in [0.717, 1.165) is 41.3 Å². The van der Waals surface area contributed by atoms with E-state index in [9.17, 15) is 27.5 Å². The van der Waals surface area contributed by atoms with Gasteiger partial charge in [0.05, 0.1) is 12.1 Å². The number of β-amino-alcohol motifs (C(OH)–C–C–N with tert-alkyl or cyclic N) is 1. The van der Waals surface area contributed by atoms with Crippen LogP contribution in [0.3, 0.4) is 0 Å². The Labute approximate surface area is 135 Å². The van der Waals surface area contributed by atoms with Crippen molar-refractivity contribution in [3.05, 3.63) is 70.8 Å². The lowest BCUT2D eigenvalue weighted by Gasteiger charge is -2.25. The zero-order valence-corrected chi connectivity index (χ0v) is 12.3. The number of aliphatic hydroxyl groups is 1. The third kappa shape index (κ3) is 2.99. The maximum atomic E-state index is 14.0. The summed E-state index contributed by atoms with van der Waals surface area (Å²) in [5.41, 5.74) is -0.202. The van der Waals surface area contributed by atoms with Crippen LogP contribution in [-0.4, -0.2) is 28.6 Å². The summed E-state index contributed by atoms with van der Waals surface area (Å²) in [5.74, 6) is -4.36. The second-order valence-electron chi connectivity index (χ2n) is 5.66. The van der Waals surface area contributed by atoms with Gasteiger partial charge in [-0.05, 0) is 42.8 Å². The van der Waals surface area contributed by atoms with Crippen LogP contribution in [-0.2, 0) is 0 Å². The number of hydrogen-bond donors (Lipinski definition) is 1. The van der Waals surface area contributed by atoms with E-state index in [1.807, 2.05) is 0 Å². The predicted octanol–water partition coefficient (Wildman–Crippen LogP) is 3.19. The summed E-state index contributed by atoms with van der Waals surface area (Å²) in [6, 6.07) is 4.61. The molecular weight excluding hydrogens is 326 g/mol. The quantitative estimate of drug-likeness (QED) is 0.854. The number of nitrogens with zero attached hydrogens (tertiary/aromatic N) is 1. The number of amides is 1. The zero-order chi connectivity index (χ0) is 17.4. The van der Waals surface area contributed by atoms with Crippen LogP contribution in [0.25, 0.3) is 0 Å². The molecule has 0 saturated carbocycles. The molecule has 3 rings (SSSR count). The molecular formula is C17H13F4NO2. The minimum atomic E-state index is -1.19. The standard InChI is InChI=1S/C17H13F4NO2/c18-10-2-4-13(19)12(6-10)16-7-11(23)8-22(16)17(24)9-1-3-14(20)15(21)5-9/h1-6,11,16,23H,7-8H2/t11-,16-/m1/s1. The molecule has 0 spiro atoms. The summed E-state index contributed by atoms with van der Waals surface area (Å²) in [6.45, 7) is -0.113. The van der Waals surface area contributed by atoms with E-state index in [1.54, 1.807) is 0 Å². The lowest BCUT2D eigenvalue weighted by Crippen LogP contribution is -2.32. The fourth-order valence-corrected chi connectivity index (χ4v) is 2.90. The SMILES string of the molecule is O=C(c1ccc(F)c(F)c1)N1C[C@H](O)C[C@@H]1c1cc(F)ccc1F. The van der Waals surface area contributed by atoms with Gasteiger partial charge in [0, 0.05) is 17.7 Å². The summed E-state index contributed by atoms with van der Waals surface area (Å²) in [4.78, 5) is 13.7. The van der Waals surface area contributed by atoms with Gasteiger partial charge >= 0.3 is 0 Å². The molecule has 1 aliphatic heterocycles. The number of benzene rings is 2. The molecule has 2 aromatic carbocycles. The fourth-order valence-electron chi connectivity index (χ4n) is 2.90. The van der Waals surface area contributed by atoms with Gasteiger partial charge in [0.1, 0.15) is 11.6 Å². The van der Waals surface area contributed by atoms with Crippen molar-refractivity contribution in [1.82, 2.24) is 4.90 Å². The number of rotatable bonds is 2. The van der Waals surface area contributed by atoms with Crippen molar-refractivity contribution in [3.63, 3.8) is 0 Å². The Hall–Kier alpha value is -2.41. The van der Waals surface area contributed by atoms with Crippen LogP contribution in [0.4, 0.5) is 17.6 Å². The third-order valence-corrected chi connectivity index (χ3v) is 4.02. The van der Waals surface area contributed by atoms with Crippen LogP contribution in [0.2, 0.25) is 0 Å². The molecule has 7 heteroatoms. The van der Waals surface area contributed by atoms with Gasteiger partial charge in [-0.2, -0.15) is 0 Å². The van der Waals surface area contributed by atoms with E-state index in [-0.39, 0.29) is 24.1 Å².